The fraction of sp³-hybridized carbons (Fsp3) is 0.941. The average molecular weight is 671 g/mol. The number of quaternary nitrogens is 1. The van der Waals surface area contributed by atoms with E-state index in [0.29, 0.717) is 4.72 Å². The van der Waals surface area contributed by atoms with Gasteiger partial charge in [0, 0.05) is 0 Å². The number of hydrogen-bond donors (Lipinski definition) is 2. The first kappa shape index (κ1) is 39.1. The standard InChI is InChI=1S/C17H19F17N2O4S/c1-3-36(4-2,7-5-9(37)38)8-6-35-41(39,40)17(33,34)15(28,29)13(24,25)11(20,21)10(18,19)12(22,23)14(26,27)16(30,31)32/h35H,3-8H2,1-2H3/p+1. The molecule has 0 aromatic carbocycles. The van der Waals surface area contributed by atoms with Crippen molar-refractivity contribution >= 4 is 16.0 Å². The molecule has 0 radical (unpaired) electrons. The van der Waals surface area contributed by atoms with E-state index in [4.69, 9.17) is 5.11 Å². The molecule has 0 heterocycles. The molecule has 0 aliphatic carbocycles. The van der Waals surface area contributed by atoms with Crippen LogP contribution in [0, 0.1) is 0 Å². The Bertz CT molecular complexity index is 1040. The summed E-state index contributed by atoms with van der Waals surface area (Å²) in [6, 6.07) is 0. The minimum Gasteiger partial charge on any atom is -0.481 e. The second kappa shape index (κ2) is 11.3. The number of carboxylic acids is 1. The van der Waals surface area contributed by atoms with E-state index in [9.17, 15) is 87.8 Å². The summed E-state index contributed by atoms with van der Waals surface area (Å²) >= 11 is 0. The summed E-state index contributed by atoms with van der Waals surface area (Å²) in [5.41, 5.74) is 0. The van der Waals surface area contributed by atoms with Gasteiger partial charge >= 0.3 is 52.9 Å². The number of nitrogens with one attached hydrogen (secondary N) is 1. The van der Waals surface area contributed by atoms with E-state index in [0.717, 1.165) is 0 Å². The molecular weight excluding hydrogens is 651 g/mol. The highest BCUT2D eigenvalue weighted by atomic mass is 32.2. The largest absolute Gasteiger partial charge is 0.481 e. The molecule has 6 nitrogen and oxygen atoms in total. The van der Waals surface area contributed by atoms with Crippen LogP contribution in [0.1, 0.15) is 20.3 Å². The van der Waals surface area contributed by atoms with Gasteiger partial charge < -0.3 is 9.59 Å². The van der Waals surface area contributed by atoms with Crippen LogP contribution in [0.5, 0.6) is 0 Å². The normalized spacial score (nSPS) is 15.8. The van der Waals surface area contributed by atoms with E-state index in [-0.39, 0.29) is 19.6 Å². The first-order valence-electron chi connectivity index (χ1n) is 10.5. The maximum absolute atomic E-state index is 14.1. The van der Waals surface area contributed by atoms with Crippen molar-refractivity contribution in [2.75, 3.05) is 32.7 Å². The first-order valence-corrected chi connectivity index (χ1v) is 12.0. The number of aliphatic carboxylic acids is 1. The summed E-state index contributed by atoms with van der Waals surface area (Å²) in [5, 5.41) is 1.08. The van der Waals surface area contributed by atoms with Gasteiger partial charge in [-0.2, -0.15) is 74.6 Å². The van der Waals surface area contributed by atoms with Crippen LogP contribution < -0.4 is 4.72 Å². The monoisotopic (exact) mass is 671 g/mol. The predicted octanol–water partition coefficient (Wildman–Crippen LogP) is 5.20. The third-order valence-electron chi connectivity index (χ3n) is 6.05. The Morgan fingerprint density at radius 1 is 0.634 bits per heavy atom. The van der Waals surface area contributed by atoms with Gasteiger partial charge in [0.2, 0.25) is 0 Å². The fourth-order valence-electron chi connectivity index (χ4n) is 3.13. The summed E-state index contributed by atoms with van der Waals surface area (Å²) < 4.78 is 250. The van der Waals surface area contributed by atoms with Crippen LogP contribution in [0.4, 0.5) is 74.6 Å². The zero-order chi connectivity index (χ0) is 33.5. The van der Waals surface area contributed by atoms with E-state index < -0.39 is 87.0 Å². The molecule has 0 fully saturated rings. The van der Waals surface area contributed by atoms with Gasteiger partial charge in [-0.15, -0.1) is 0 Å². The number of carboxylic acid groups (broad SMARTS) is 1. The Morgan fingerprint density at radius 3 is 1.29 bits per heavy atom. The molecule has 0 saturated carbocycles. The molecule has 0 saturated heterocycles. The SMILES string of the molecule is CC[N+](CC)(CCNS(=O)(=O)C(F)(F)C(F)(F)C(F)(F)C(F)(F)C(F)(F)C(F)(F)C(F)(F)C(F)(F)F)CCC(=O)O. The topological polar surface area (TPSA) is 83.5 Å². The lowest BCUT2D eigenvalue weighted by molar-refractivity contribution is -0.923. The maximum atomic E-state index is 14.1. The summed E-state index contributed by atoms with van der Waals surface area (Å²) in [5.74, 6) is -53.3. The molecule has 0 amide bonds. The molecule has 24 heteroatoms. The van der Waals surface area contributed by atoms with Crippen molar-refractivity contribution in [3.05, 3.63) is 0 Å². The molecule has 0 aliphatic rings. The Balaban J connectivity index is 6.54. The van der Waals surface area contributed by atoms with E-state index in [1.165, 1.54) is 13.8 Å². The second-order valence-corrected chi connectivity index (χ2v) is 10.2. The van der Waals surface area contributed by atoms with E-state index in [1.807, 2.05) is 0 Å². The minimum absolute atomic E-state index is 0.0891. The van der Waals surface area contributed by atoms with Crippen LogP contribution in [-0.4, -0.2) is 104 Å². The third kappa shape index (κ3) is 6.13. The molecule has 41 heavy (non-hydrogen) atoms. The number of likely N-dealkylation sites (N-methyl/N-ethyl adjacent to an activating group) is 1. The zero-order valence-corrected chi connectivity index (χ0v) is 21.0. The van der Waals surface area contributed by atoms with E-state index >= 15 is 0 Å². The van der Waals surface area contributed by atoms with Crippen molar-refractivity contribution in [1.29, 1.82) is 0 Å². The molecular formula is C17H20F17N2O4S+. The zero-order valence-electron chi connectivity index (χ0n) is 20.2. The van der Waals surface area contributed by atoms with Crippen molar-refractivity contribution in [1.82, 2.24) is 4.72 Å². The molecule has 0 unspecified atom stereocenters. The van der Waals surface area contributed by atoms with Gasteiger partial charge in [-0.1, -0.05) is 0 Å². The highest BCUT2D eigenvalue weighted by Crippen LogP contribution is 2.64. The predicted molar refractivity (Wildman–Crippen MR) is 101 cm³/mol. The number of sulfonamides is 1. The number of nitrogens with zero attached hydrogens (tertiary/aromatic N) is 1. The van der Waals surface area contributed by atoms with Gasteiger partial charge in [-0.05, 0) is 13.8 Å². The smallest absolute Gasteiger partial charge is 0.460 e. The van der Waals surface area contributed by atoms with Gasteiger partial charge in [-0.25, -0.2) is 13.1 Å². The van der Waals surface area contributed by atoms with Crippen molar-refractivity contribution in [3.63, 3.8) is 0 Å². The van der Waals surface area contributed by atoms with Crippen molar-refractivity contribution in [2.45, 2.75) is 67.2 Å². The summed E-state index contributed by atoms with van der Waals surface area (Å²) in [6.07, 6.45) is -8.53. The van der Waals surface area contributed by atoms with Crippen LogP contribution in [0.2, 0.25) is 0 Å². The average Bonchev–Trinajstić information content (AvgIpc) is 2.79. The summed E-state index contributed by atoms with van der Waals surface area (Å²) in [6.45, 7) is -0.0734. The molecule has 0 aliphatic heterocycles. The molecule has 0 atom stereocenters. The number of alkyl halides is 17. The second-order valence-electron chi connectivity index (χ2n) is 8.42. The van der Waals surface area contributed by atoms with Crippen LogP contribution in [0.3, 0.4) is 0 Å². The lowest BCUT2D eigenvalue weighted by Gasteiger charge is -2.42. The molecule has 0 spiro atoms. The molecule has 0 aromatic heterocycles. The van der Waals surface area contributed by atoms with Crippen LogP contribution in [0.25, 0.3) is 0 Å². The lowest BCUT2D eigenvalue weighted by Crippen LogP contribution is -2.75. The van der Waals surface area contributed by atoms with Gasteiger partial charge in [0.25, 0.3) is 10.0 Å². The van der Waals surface area contributed by atoms with E-state index in [2.05, 4.69) is 0 Å². The fourth-order valence-corrected chi connectivity index (χ4v) is 4.13. The van der Waals surface area contributed by atoms with Gasteiger partial charge in [0.05, 0.1) is 39.1 Å². The number of halogens is 17. The third-order valence-corrected chi connectivity index (χ3v) is 7.57. The van der Waals surface area contributed by atoms with Gasteiger partial charge in [-0.3, -0.25) is 4.79 Å². The molecule has 0 aromatic rings. The van der Waals surface area contributed by atoms with Crippen LogP contribution in [0.15, 0.2) is 0 Å². The van der Waals surface area contributed by atoms with Gasteiger partial charge in [0.1, 0.15) is 0 Å². The van der Waals surface area contributed by atoms with E-state index in [1.54, 1.807) is 0 Å². The Kier molecular flexibility index (Phi) is 10.8. The Morgan fingerprint density at radius 2 is 0.976 bits per heavy atom. The maximum Gasteiger partial charge on any atom is 0.460 e. The minimum atomic E-state index is -8.89. The van der Waals surface area contributed by atoms with Crippen molar-refractivity contribution in [3.8, 4) is 0 Å². The summed E-state index contributed by atoms with van der Waals surface area (Å²) in [4.78, 5) is 10.7. The molecule has 2 N–H and O–H groups in total. The number of hydrogen-bond acceptors (Lipinski definition) is 3. The molecule has 0 bridgehead atoms. The first-order chi connectivity index (χ1) is 17.7. The number of carbonyl (C=O) groups is 1. The molecule has 246 valence electrons. The highest BCUT2D eigenvalue weighted by Gasteiger charge is 2.96. The Hall–Kier alpha value is -1.85. The van der Waals surface area contributed by atoms with Crippen molar-refractivity contribution in [2.24, 2.45) is 0 Å². The lowest BCUT2D eigenvalue weighted by atomic mass is 9.91. The summed E-state index contributed by atoms with van der Waals surface area (Å²) in [7, 11) is -7.40. The highest BCUT2D eigenvalue weighted by molar-refractivity contribution is 7.90. The Labute approximate surface area is 219 Å². The van der Waals surface area contributed by atoms with Crippen LogP contribution in [-0.2, 0) is 14.8 Å². The molecule has 0 rings (SSSR count). The van der Waals surface area contributed by atoms with Gasteiger partial charge in [0.15, 0.2) is 0 Å². The van der Waals surface area contributed by atoms with Crippen LogP contribution >= 0.6 is 0 Å². The van der Waals surface area contributed by atoms with Crippen molar-refractivity contribution < 1.29 is 97.4 Å². The quantitative estimate of drug-likeness (QED) is 0.175. The number of rotatable bonds is 16.